The molecule has 1 aliphatic heterocycles. The van der Waals surface area contributed by atoms with Gasteiger partial charge in [0.2, 0.25) is 0 Å². The van der Waals surface area contributed by atoms with Crippen LogP contribution in [0.4, 0.5) is 5.82 Å². The lowest BCUT2D eigenvalue weighted by Gasteiger charge is -2.41. The highest BCUT2D eigenvalue weighted by Gasteiger charge is 2.32. The van der Waals surface area contributed by atoms with Crippen LogP contribution in [0.5, 0.6) is 0 Å². The van der Waals surface area contributed by atoms with E-state index in [1.54, 1.807) is 12.4 Å². The van der Waals surface area contributed by atoms with Gasteiger partial charge in [0, 0.05) is 25.5 Å². The Labute approximate surface area is 119 Å². The maximum Gasteiger partial charge on any atom is 0.192 e. The number of rotatable bonds is 4. The van der Waals surface area contributed by atoms with Crippen LogP contribution >= 0.6 is 0 Å². The number of hydrogen-bond acceptors (Lipinski definition) is 5. The van der Waals surface area contributed by atoms with Gasteiger partial charge in [0.1, 0.15) is 0 Å². The molecule has 20 heavy (non-hydrogen) atoms. The molecule has 0 spiro atoms. The number of hydrogen-bond donors (Lipinski definition) is 2. The van der Waals surface area contributed by atoms with Crippen molar-refractivity contribution in [1.82, 2.24) is 9.97 Å². The van der Waals surface area contributed by atoms with Gasteiger partial charge >= 0.3 is 0 Å². The highest BCUT2D eigenvalue weighted by atomic mass is 16.4. The molecule has 110 valence electrons. The molecule has 0 aliphatic carbocycles. The highest BCUT2D eigenvalue weighted by Crippen LogP contribution is 2.39. The molecule has 0 unspecified atom stereocenters. The van der Waals surface area contributed by atoms with Crippen molar-refractivity contribution in [1.29, 1.82) is 0 Å². The molecule has 0 radical (unpaired) electrons. The van der Waals surface area contributed by atoms with Gasteiger partial charge in [0.05, 0.1) is 0 Å². The molecule has 1 fully saturated rings. The van der Waals surface area contributed by atoms with Crippen molar-refractivity contribution in [3.05, 3.63) is 18.1 Å². The quantitative estimate of drug-likeness (QED) is 0.380. The minimum absolute atomic E-state index is 0.0101. The van der Waals surface area contributed by atoms with Crippen LogP contribution in [0.15, 0.2) is 17.5 Å². The lowest BCUT2D eigenvalue weighted by atomic mass is 9.74. The van der Waals surface area contributed by atoms with Gasteiger partial charge < -0.3 is 15.8 Å². The van der Waals surface area contributed by atoms with Crippen molar-refractivity contribution >= 4 is 11.7 Å². The van der Waals surface area contributed by atoms with Gasteiger partial charge in [-0.2, -0.15) is 0 Å². The lowest BCUT2D eigenvalue weighted by molar-refractivity contribution is 0.199. The molecule has 1 aliphatic rings. The first kappa shape index (κ1) is 14.6. The van der Waals surface area contributed by atoms with E-state index in [9.17, 15) is 0 Å². The summed E-state index contributed by atoms with van der Waals surface area (Å²) in [6.45, 7) is 6.41. The molecule has 6 nitrogen and oxygen atoms in total. The van der Waals surface area contributed by atoms with E-state index in [1.807, 2.05) is 0 Å². The molecule has 0 amide bonds. The SMILES string of the molecule is CCC1(CC)CCN(c2nccnc2C(N)=NO)CC1. The van der Waals surface area contributed by atoms with E-state index in [4.69, 9.17) is 10.9 Å². The van der Waals surface area contributed by atoms with Gasteiger partial charge in [-0.25, -0.2) is 9.97 Å². The second-order valence-corrected chi connectivity index (χ2v) is 5.41. The normalized spacial score (nSPS) is 19.1. The third-order valence-electron chi connectivity index (χ3n) is 4.65. The summed E-state index contributed by atoms with van der Waals surface area (Å²) < 4.78 is 0. The third-order valence-corrected chi connectivity index (χ3v) is 4.65. The van der Waals surface area contributed by atoms with Gasteiger partial charge in [-0.3, -0.25) is 0 Å². The molecule has 2 rings (SSSR count). The maximum atomic E-state index is 8.85. The molecular formula is C14H23N5O. The molecule has 0 bridgehead atoms. The van der Waals surface area contributed by atoms with E-state index in [1.165, 1.54) is 12.8 Å². The molecule has 1 saturated heterocycles. The Morgan fingerprint density at radius 1 is 1.30 bits per heavy atom. The number of aromatic nitrogens is 2. The van der Waals surface area contributed by atoms with Gasteiger partial charge in [-0.1, -0.05) is 31.8 Å². The fourth-order valence-corrected chi connectivity index (χ4v) is 2.94. The molecule has 0 aromatic carbocycles. The van der Waals surface area contributed by atoms with Crippen LogP contribution in [0, 0.1) is 5.41 Å². The van der Waals surface area contributed by atoms with Crippen molar-refractivity contribution in [2.45, 2.75) is 39.5 Å². The summed E-state index contributed by atoms with van der Waals surface area (Å²) in [5, 5.41) is 11.9. The molecule has 3 N–H and O–H groups in total. The Hall–Kier alpha value is -1.85. The first-order chi connectivity index (χ1) is 9.65. The predicted octanol–water partition coefficient (Wildman–Crippen LogP) is 1.98. The highest BCUT2D eigenvalue weighted by molar-refractivity contribution is 5.99. The van der Waals surface area contributed by atoms with Crippen LogP contribution < -0.4 is 10.6 Å². The smallest absolute Gasteiger partial charge is 0.192 e. The van der Waals surface area contributed by atoms with Crippen molar-refractivity contribution in [3.8, 4) is 0 Å². The second kappa shape index (κ2) is 6.07. The molecule has 0 atom stereocenters. The molecular weight excluding hydrogens is 254 g/mol. The van der Waals surface area contributed by atoms with Crippen LogP contribution in [-0.4, -0.2) is 34.1 Å². The van der Waals surface area contributed by atoms with Gasteiger partial charge in [-0.15, -0.1) is 0 Å². The third kappa shape index (κ3) is 2.69. The summed E-state index contributed by atoms with van der Waals surface area (Å²) >= 11 is 0. The van der Waals surface area contributed by atoms with Gasteiger partial charge in [0.15, 0.2) is 17.3 Å². The summed E-state index contributed by atoms with van der Waals surface area (Å²) in [5.41, 5.74) is 6.59. The second-order valence-electron chi connectivity index (χ2n) is 5.41. The van der Waals surface area contributed by atoms with E-state index < -0.39 is 0 Å². The largest absolute Gasteiger partial charge is 0.409 e. The fourth-order valence-electron chi connectivity index (χ4n) is 2.94. The Morgan fingerprint density at radius 3 is 2.45 bits per heavy atom. The zero-order chi connectivity index (χ0) is 14.6. The first-order valence-electron chi connectivity index (χ1n) is 7.19. The topological polar surface area (TPSA) is 87.6 Å². The molecule has 2 heterocycles. The van der Waals surface area contributed by atoms with Gasteiger partial charge in [-0.05, 0) is 18.3 Å². The van der Waals surface area contributed by atoms with Crippen molar-refractivity contribution < 1.29 is 5.21 Å². The standard InChI is InChI=1S/C14H23N5O/c1-3-14(4-2)5-9-19(10-6-14)13-11(12(15)18-20)16-7-8-17-13/h7-8,20H,3-6,9-10H2,1-2H3,(H2,15,18). The number of nitrogens with two attached hydrogens (primary N) is 1. The minimum Gasteiger partial charge on any atom is -0.409 e. The van der Waals surface area contributed by atoms with Crippen LogP contribution in [0.1, 0.15) is 45.2 Å². The van der Waals surface area contributed by atoms with E-state index in [-0.39, 0.29) is 5.84 Å². The Kier molecular flexibility index (Phi) is 4.42. The summed E-state index contributed by atoms with van der Waals surface area (Å²) in [6.07, 6.45) is 7.92. The van der Waals surface area contributed by atoms with E-state index in [2.05, 4.69) is 33.9 Å². The van der Waals surface area contributed by atoms with Crippen LogP contribution in [0.3, 0.4) is 0 Å². The first-order valence-corrected chi connectivity index (χ1v) is 7.19. The summed E-state index contributed by atoms with van der Waals surface area (Å²) in [6, 6.07) is 0. The molecule has 1 aromatic rings. The summed E-state index contributed by atoms with van der Waals surface area (Å²) in [4.78, 5) is 10.7. The minimum atomic E-state index is 0.0101. The Bertz CT molecular complexity index is 474. The summed E-state index contributed by atoms with van der Waals surface area (Å²) in [7, 11) is 0. The maximum absolute atomic E-state index is 8.85. The molecule has 6 heteroatoms. The zero-order valence-corrected chi connectivity index (χ0v) is 12.2. The number of anilines is 1. The Morgan fingerprint density at radius 2 is 1.90 bits per heavy atom. The Balaban J connectivity index is 2.19. The molecule has 0 saturated carbocycles. The average Bonchev–Trinajstić information content (AvgIpc) is 2.54. The lowest BCUT2D eigenvalue weighted by Crippen LogP contribution is -2.41. The van der Waals surface area contributed by atoms with Crippen LogP contribution in [0.25, 0.3) is 0 Å². The average molecular weight is 277 g/mol. The van der Waals surface area contributed by atoms with Gasteiger partial charge in [0.25, 0.3) is 0 Å². The van der Waals surface area contributed by atoms with E-state index in [0.717, 1.165) is 25.9 Å². The number of nitrogens with zero attached hydrogens (tertiary/aromatic N) is 4. The van der Waals surface area contributed by atoms with Crippen molar-refractivity contribution in [2.75, 3.05) is 18.0 Å². The fraction of sp³-hybridized carbons (Fsp3) is 0.643. The zero-order valence-electron chi connectivity index (χ0n) is 12.2. The number of piperidine rings is 1. The van der Waals surface area contributed by atoms with E-state index >= 15 is 0 Å². The van der Waals surface area contributed by atoms with Crippen molar-refractivity contribution in [3.63, 3.8) is 0 Å². The van der Waals surface area contributed by atoms with Crippen molar-refractivity contribution in [2.24, 2.45) is 16.3 Å². The van der Waals surface area contributed by atoms with Crippen LogP contribution in [-0.2, 0) is 0 Å². The monoisotopic (exact) mass is 277 g/mol. The van der Waals surface area contributed by atoms with E-state index in [0.29, 0.717) is 16.9 Å². The molecule has 1 aromatic heterocycles. The number of amidine groups is 1. The van der Waals surface area contributed by atoms with Crippen LogP contribution in [0.2, 0.25) is 0 Å². The summed E-state index contributed by atoms with van der Waals surface area (Å²) in [5.74, 6) is 0.722. The number of oxime groups is 1. The predicted molar refractivity (Wildman–Crippen MR) is 79.0 cm³/mol.